The number of hydrogen-bond acceptors (Lipinski definition) is 3. The van der Waals surface area contributed by atoms with Crippen LogP contribution in [-0.2, 0) is 16.6 Å². The minimum Gasteiger partial charge on any atom is -0.310 e. The number of nitrogens with one attached hydrogen (secondary N) is 1. The number of anilines is 1. The van der Waals surface area contributed by atoms with Crippen molar-refractivity contribution >= 4 is 15.7 Å². The van der Waals surface area contributed by atoms with Gasteiger partial charge in [-0.3, -0.25) is 4.31 Å². The normalized spacial score (nSPS) is 22.3. The number of rotatable bonds is 4. The molecule has 0 unspecified atom stereocenters. The molecule has 0 bridgehead atoms. The van der Waals surface area contributed by atoms with E-state index in [0.717, 1.165) is 24.2 Å². The van der Waals surface area contributed by atoms with Crippen molar-refractivity contribution in [1.82, 2.24) is 5.32 Å². The summed E-state index contributed by atoms with van der Waals surface area (Å²) in [5.41, 5.74) is 1.96. The highest BCUT2D eigenvalue weighted by Gasteiger charge is 2.28. The predicted molar refractivity (Wildman–Crippen MR) is 72.1 cm³/mol. The lowest BCUT2D eigenvalue weighted by molar-refractivity contribution is 0.599. The molecule has 1 aliphatic heterocycles. The van der Waals surface area contributed by atoms with Gasteiger partial charge in [0.15, 0.2) is 0 Å². The summed E-state index contributed by atoms with van der Waals surface area (Å²) in [5.74, 6) is 0.275. The van der Waals surface area contributed by atoms with Crippen LogP contribution in [0.15, 0.2) is 24.3 Å². The molecule has 1 aromatic carbocycles. The summed E-state index contributed by atoms with van der Waals surface area (Å²) in [4.78, 5) is 0. The molecule has 0 spiro atoms. The summed E-state index contributed by atoms with van der Waals surface area (Å²) >= 11 is 0. The molecule has 0 radical (unpaired) electrons. The molecule has 2 fully saturated rings. The fourth-order valence-corrected chi connectivity index (χ4v) is 3.86. The maximum absolute atomic E-state index is 11.9. The Morgan fingerprint density at radius 2 is 2.17 bits per heavy atom. The summed E-state index contributed by atoms with van der Waals surface area (Å²) in [6, 6.07) is 8.51. The second-order valence-electron chi connectivity index (χ2n) is 5.07. The van der Waals surface area contributed by atoms with Crippen LogP contribution in [-0.4, -0.2) is 26.8 Å². The molecule has 0 amide bonds. The SMILES string of the molecule is O=S1(=O)CCCN1c1cccc(CNC2CC2)c1. The fraction of sp³-hybridized carbons (Fsp3) is 0.538. The largest absolute Gasteiger partial charge is 0.310 e. The first-order valence-electron chi connectivity index (χ1n) is 6.48. The monoisotopic (exact) mass is 266 g/mol. The summed E-state index contributed by atoms with van der Waals surface area (Å²) in [5, 5.41) is 3.44. The van der Waals surface area contributed by atoms with Crippen molar-refractivity contribution in [2.45, 2.75) is 31.8 Å². The fourth-order valence-electron chi connectivity index (χ4n) is 2.30. The van der Waals surface area contributed by atoms with E-state index in [4.69, 9.17) is 0 Å². The highest BCUT2D eigenvalue weighted by molar-refractivity contribution is 7.93. The molecule has 4 nitrogen and oxygen atoms in total. The zero-order valence-corrected chi connectivity index (χ0v) is 11.1. The third-order valence-electron chi connectivity index (χ3n) is 3.47. The van der Waals surface area contributed by atoms with Crippen molar-refractivity contribution in [3.05, 3.63) is 29.8 Å². The Morgan fingerprint density at radius 1 is 1.33 bits per heavy atom. The van der Waals surface area contributed by atoms with E-state index in [0.29, 0.717) is 12.6 Å². The van der Waals surface area contributed by atoms with Crippen LogP contribution in [0.5, 0.6) is 0 Å². The highest BCUT2D eigenvalue weighted by atomic mass is 32.2. The smallest absolute Gasteiger partial charge is 0.235 e. The van der Waals surface area contributed by atoms with Gasteiger partial charge in [-0.25, -0.2) is 8.42 Å². The molecule has 1 aromatic rings. The Hall–Kier alpha value is -1.07. The molecule has 1 aliphatic carbocycles. The minimum atomic E-state index is -3.06. The molecule has 1 saturated heterocycles. The number of benzene rings is 1. The van der Waals surface area contributed by atoms with Crippen molar-refractivity contribution in [3.63, 3.8) is 0 Å². The Morgan fingerprint density at radius 3 is 2.83 bits per heavy atom. The predicted octanol–water partition coefficient (Wildman–Crippen LogP) is 1.48. The van der Waals surface area contributed by atoms with Crippen LogP contribution < -0.4 is 9.62 Å². The molecule has 18 heavy (non-hydrogen) atoms. The van der Waals surface area contributed by atoms with Gasteiger partial charge in [0, 0.05) is 19.1 Å². The molecule has 3 rings (SSSR count). The Balaban J connectivity index is 1.77. The van der Waals surface area contributed by atoms with Crippen LogP contribution in [0.3, 0.4) is 0 Å². The molecule has 0 atom stereocenters. The van der Waals surface area contributed by atoms with Crippen molar-refractivity contribution in [2.75, 3.05) is 16.6 Å². The highest BCUT2D eigenvalue weighted by Crippen LogP contribution is 2.25. The van der Waals surface area contributed by atoms with Gasteiger partial charge in [-0.2, -0.15) is 0 Å². The summed E-state index contributed by atoms with van der Waals surface area (Å²) in [6.07, 6.45) is 3.26. The summed E-state index contributed by atoms with van der Waals surface area (Å²) < 4.78 is 25.3. The molecule has 2 aliphatic rings. The lowest BCUT2D eigenvalue weighted by Crippen LogP contribution is -2.25. The van der Waals surface area contributed by atoms with E-state index < -0.39 is 10.0 Å². The lowest BCUT2D eigenvalue weighted by Gasteiger charge is -2.17. The van der Waals surface area contributed by atoms with Gasteiger partial charge in [-0.05, 0) is 37.0 Å². The van der Waals surface area contributed by atoms with Crippen molar-refractivity contribution in [3.8, 4) is 0 Å². The Kier molecular flexibility index (Phi) is 3.03. The first kappa shape index (κ1) is 12.0. The van der Waals surface area contributed by atoms with Crippen LogP contribution in [0, 0.1) is 0 Å². The van der Waals surface area contributed by atoms with Crippen LogP contribution in [0.25, 0.3) is 0 Å². The van der Waals surface area contributed by atoms with Gasteiger partial charge < -0.3 is 5.32 Å². The standard InChI is InChI=1S/C13H18N2O2S/c16-18(17)8-2-7-15(18)13-4-1-3-11(9-13)10-14-12-5-6-12/h1,3-4,9,12,14H,2,5-8,10H2. The first-order chi connectivity index (χ1) is 8.65. The summed E-state index contributed by atoms with van der Waals surface area (Å²) in [7, 11) is -3.06. The zero-order chi connectivity index (χ0) is 12.6. The molecule has 1 saturated carbocycles. The average molecular weight is 266 g/mol. The van der Waals surface area contributed by atoms with Gasteiger partial charge in [0.2, 0.25) is 10.0 Å². The van der Waals surface area contributed by atoms with Gasteiger partial charge in [0.05, 0.1) is 11.4 Å². The van der Waals surface area contributed by atoms with E-state index in [-0.39, 0.29) is 5.75 Å². The topological polar surface area (TPSA) is 49.4 Å². The first-order valence-corrected chi connectivity index (χ1v) is 8.09. The van der Waals surface area contributed by atoms with E-state index in [1.807, 2.05) is 24.3 Å². The van der Waals surface area contributed by atoms with Crippen LogP contribution >= 0.6 is 0 Å². The summed E-state index contributed by atoms with van der Waals surface area (Å²) in [6.45, 7) is 1.44. The van der Waals surface area contributed by atoms with Gasteiger partial charge >= 0.3 is 0 Å². The molecule has 1 heterocycles. The van der Waals surface area contributed by atoms with Crippen LogP contribution in [0.1, 0.15) is 24.8 Å². The van der Waals surface area contributed by atoms with Crippen molar-refractivity contribution in [2.24, 2.45) is 0 Å². The molecule has 0 aromatic heterocycles. The quantitative estimate of drug-likeness (QED) is 0.898. The molecular weight excluding hydrogens is 248 g/mol. The minimum absolute atomic E-state index is 0.275. The molecule has 5 heteroatoms. The lowest BCUT2D eigenvalue weighted by atomic mass is 10.2. The maximum atomic E-state index is 11.9. The molecule has 98 valence electrons. The van der Waals surface area contributed by atoms with Crippen molar-refractivity contribution in [1.29, 1.82) is 0 Å². The van der Waals surface area contributed by atoms with Gasteiger partial charge in [0.1, 0.15) is 0 Å². The number of hydrogen-bond donors (Lipinski definition) is 1. The van der Waals surface area contributed by atoms with E-state index >= 15 is 0 Å². The van der Waals surface area contributed by atoms with Crippen molar-refractivity contribution < 1.29 is 8.42 Å². The van der Waals surface area contributed by atoms with E-state index in [1.165, 1.54) is 17.1 Å². The van der Waals surface area contributed by atoms with E-state index in [1.54, 1.807) is 0 Å². The second-order valence-corrected chi connectivity index (χ2v) is 7.08. The average Bonchev–Trinajstić information content (AvgIpc) is 3.10. The third kappa shape index (κ3) is 2.52. The van der Waals surface area contributed by atoms with E-state index in [9.17, 15) is 8.42 Å². The van der Waals surface area contributed by atoms with Crippen LogP contribution in [0.2, 0.25) is 0 Å². The van der Waals surface area contributed by atoms with Gasteiger partial charge in [-0.15, -0.1) is 0 Å². The Labute approximate surface area is 108 Å². The molecular formula is C13H18N2O2S. The Bertz CT molecular complexity index is 538. The van der Waals surface area contributed by atoms with E-state index in [2.05, 4.69) is 5.32 Å². The zero-order valence-electron chi connectivity index (χ0n) is 10.3. The second kappa shape index (κ2) is 4.55. The number of nitrogens with zero attached hydrogens (tertiary/aromatic N) is 1. The maximum Gasteiger partial charge on any atom is 0.235 e. The van der Waals surface area contributed by atoms with Gasteiger partial charge in [-0.1, -0.05) is 12.1 Å². The number of sulfonamides is 1. The third-order valence-corrected chi connectivity index (χ3v) is 5.34. The molecule has 1 N–H and O–H groups in total. The van der Waals surface area contributed by atoms with Crippen LogP contribution in [0.4, 0.5) is 5.69 Å². The van der Waals surface area contributed by atoms with Gasteiger partial charge in [0.25, 0.3) is 0 Å².